The molecule has 0 aliphatic heterocycles. The summed E-state index contributed by atoms with van der Waals surface area (Å²) in [5, 5.41) is 0.820. The van der Waals surface area contributed by atoms with Crippen molar-refractivity contribution in [3.63, 3.8) is 0 Å². The first-order chi connectivity index (χ1) is 10.1. The number of carbonyl (C=O) groups is 2. The monoisotopic (exact) mass is 278 g/mol. The first-order valence-electron chi connectivity index (χ1n) is 6.66. The quantitative estimate of drug-likeness (QED) is 0.744. The zero-order chi connectivity index (χ0) is 15.0. The molecule has 0 spiro atoms. The largest absolute Gasteiger partial charge is 0.345 e. The molecule has 21 heavy (non-hydrogen) atoms. The molecule has 0 saturated carbocycles. The van der Waals surface area contributed by atoms with Crippen LogP contribution in [-0.2, 0) is 0 Å². The Hall–Kier alpha value is -2.75. The topological polar surface area (TPSA) is 62.8 Å². The van der Waals surface area contributed by atoms with Crippen molar-refractivity contribution in [3.8, 4) is 11.1 Å². The average Bonchev–Trinajstić information content (AvgIpc) is 2.91. The van der Waals surface area contributed by atoms with Gasteiger partial charge in [0.2, 0.25) is 0 Å². The number of nitrogens with zero attached hydrogens (tertiary/aromatic N) is 1. The molecule has 1 N–H and O–H groups in total. The molecule has 1 aromatic carbocycles. The summed E-state index contributed by atoms with van der Waals surface area (Å²) in [6.07, 6.45) is 3.39. The fourth-order valence-electron chi connectivity index (χ4n) is 2.46. The van der Waals surface area contributed by atoms with E-state index in [4.69, 9.17) is 0 Å². The number of carbonyl (C=O) groups excluding carboxylic acids is 2. The normalized spacial score (nSPS) is 10.8. The van der Waals surface area contributed by atoms with Gasteiger partial charge >= 0.3 is 0 Å². The van der Waals surface area contributed by atoms with Crippen molar-refractivity contribution in [1.29, 1.82) is 0 Å². The maximum Gasteiger partial charge on any atom is 0.162 e. The minimum atomic E-state index is -0.00384. The number of aromatic nitrogens is 2. The van der Waals surface area contributed by atoms with Crippen LogP contribution in [0.3, 0.4) is 0 Å². The summed E-state index contributed by atoms with van der Waals surface area (Å²) in [5.74, 6) is 0.0309. The number of aromatic amines is 1. The molecule has 0 unspecified atom stereocenters. The van der Waals surface area contributed by atoms with Gasteiger partial charge in [-0.2, -0.15) is 0 Å². The number of H-pyrrole nitrogens is 1. The van der Waals surface area contributed by atoms with Gasteiger partial charge in [0.1, 0.15) is 5.65 Å². The summed E-state index contributed by atoms with van der Waals surface area (Å²) in [5.41, 5.74) is 3.87. The van der Waals surface area contributed by atoms with Crippen LogP contribution in [-0.4, -0.2) is 21.5 Å². The summed E-state index contributed by atoms with van der Waals surface area (Å²) in [7, 11) is 0. The summed E-state index contributed by atoms with van der Waals surface area (Å²) < 4.78 is 0. The Labute approximate surface area is 121 Å². The predicted molar refractivity (Wildman–Crippen MR) is 81.5 cm³/mol. The smallest absolute Gasteiger partial charge is 0.162 e. The van der Waals surface area contributed by atoms with E-state index in [9.17, 15) is 9.59 Å². The van der Waals surface area contributed by atoms with Crippen LogP contribution < -0.4 is 0 Å². The molecule has 3 rings (SSSR count). The fourth-order valence-corrected chi connectivity index (χ4v) is 2.46. The number of fused-ring (bicyclic) bond motifs is 1. The molecule has 0 amide bonds. The van der Waals surface area contributed by atoms with E-state index < -0.39 is 0 Å². The van der Waals surface area contributed by atoms with Gasteiger partial charge in [0.25, 0.3) is 0 Å². The van der Waals surface area contributed by atoms with E-state index in [-0.39, 0.29) is 11.6 Å². The minimum Gasteiger partial charge on any atom is -0.345 e. The first kappa shape index (κ1) is 13.2. The molecule has 4 nitrogen and oxygen atoms in total. The zero-order valence-corrected chi connectivity index (χ0v) is 11.8. The summed E-state index contributed by atoms with van der Waals surface area (Å²) in [6.45, 7) is 3.08. The highest BCUT2D eigenvalue weighted by Crippen LogP contribution is 2.30. The second kappa shape index (κ2) is 4.98. The first-order valence-corrected chi connectivity index (χ1v) is 6.66. The zero-order valence-electron chi connectivity index (χ0n) is 11.8. The van der Waals surface area contributed by atoms with Gasteiger partial charge < -0.3 is 4.98 Å². The Kier molecular flexibility index (Phi) is 3.14. The van der Waals surface area contributed by atoms with Crippen LogP contribution in [0.15, 0.2) is 42.7 Å². The molecule has 2 aromatic heterocycles. The Balaban J connectivity index is 2.22. The molecule has 0 aliphatic rings. The number of benzene rings is 1. The van der Waals surface area contributed by atoms with Gasteiger partial charge in [-0.15, -0.1) is 0 Å². The number of hydrogen-bond acceptors (Lipinski definition) is 3. The number of nitrogens with one attached hydrogen (secondary N) is 1. The Bertz CT molecular complexity index is 845. The van der Waals surface area contributed by atoms with Crippen molar-refractivity contribution >= 4 is 22.6 Å². The lowest BCUT2D eigenvalue weighted by molar-refractivity contribution is 0.101. The molecule has 0 aliphatic carbocycles. The molecule has 0 bridgehead atoms. The number of Topliss-reactive ketones (excluding diaryl/α,β-unsaturated/α-hetero) is 2. The fraction of sp³-hybridized carbons (Fsp3) is 0.118. The highest BCUT2D eigenvalue weighted by Gasteiger charge is 2.14. The molecular weight excluding hydrogens is 264 g/mol. The molecule has 104 valence electrons. The van der Waals surface area contributed by atoms with Crippen LogP contribution in [0.2, 0.25) is 0 Å². The van der Waals surface area contributed by atoms with Gasteiger partial charge in [0.05, 0.1) is 0 Å². The molecule has 0 radical (unpaired) electrons. The van der Waals surface area contributed by atoms with Crippen molar-refractivity contribution in [2.45, 2.75) is 13.8 Å². The second-order valence-electron chi connectivity index (χ2n) is 4.97. The van der Waals surface area contributed by atoms with E-state index in [2.05, 4.69) is 9.97 Å². The lowest BCUT2D eigenvalue weighted by atomic mass is 9.98. The Morgan fingerprint density at radius 2 is 1.71 bits per heavy atom. The summed E-state index contributed by atoms with van der Waals surface area (Å²) >= 11 is 0. The molecule has 0 saturated heterocycles. The maximum absolute atomic E-state index is 11.8. The summed E-state index contributed by atoms with van der Waals surface area (Å²) in [4.78, 5) is 30.4. The third-order valence-electron chi connectivity index (χ3n) is 3.56. The Morgan fingerprint density at radius 3 is 2.33 bits per heavy atom. The maximum atomic E-state index is 11.8. The van der Waals surface area contributed by atoms with Crippen LogP contribution >= 0.6 is 0 Å². The summed E-state index contributed by atoms with van der Waals surface area (Å²) in [6, 6.07) is 9.25. The van der Waals surface area contributed by atoms with Crippen molar-refractivity contribution in [1.82, 2.24) is 9.97 Å². The molecule has 3 aromatic rings. The number of pyridine rings is 1. The van der Waals surface area contributed by atoms with E-state index >= 15 is 0 Å². The number of hydrogen-bond donors (Lipinski definition) is 1. The second-order valence-corrected chi connectivity index (χ2v) is 4.97. The van der Waals surface area contributed by atoms with Gasteiger partial charge in [-0.25, -0.2) is 4.98 Å². The van der Waals surface area contributed by atoms with Crippen LogP contribution in [0.1, 0.15) is 34.6 Å². The van der Waals surface area contributed by atoms with Gasteiger partial charge in [0.15, 0.2) is 11.6 Å². The van der Waals surface area contributed by atoms with E-state index in [0.29, 0.717) is 16.8 Å². The lowest BCUT2D eigenvalue weighted by Gasteiger charge is -2.06. The van der Waals surface area contributed by atoms with E-state index in [1.165, 1.54) is 6.92 Å². The van der Waals surface area contributed by atoms with Gasteiger partial charge in [-0.05, 0) is 31.0 Å². The van der Waals surface area contributed by atoms with Crippen molar-refractivity contribution in [2.24, 2.45) is 0 Å². The third-order valence-corrected chi connectivity index (χ3v) is 3.56. The van der Waals surface area contributed by atoms with Gasteiger partial charge in [-0.1, -0.05) is 24.3 Å². The molecule has 4 heteroatoms. The molecule has 0 atom stereocenters. The van der Waals surface area contributed by atoms with Gasteiger partial charge in [0, 0.05) is 28.9 Å². The van der Waals surface area contributed by atoms with Crippen molar-refractivity contribution < 1.29 is 9.59 Å². The molecule has 0 fully saturated rings. The van der Waals surface area contributed by atoms with Crippen LogP contribution in [0, 0.1) is 0 Å². The Morgan fingerprint density at radius 1 is 1.00 bits per heavy atom. The van der Waals surface area contributed by atoms with Crippen molar-refractivity contribution in [3.05, 3.63) is 53.9 Å². The van der Waals surface area contributed by atoms with E-state index in [1.807, 2.05) is 18.2 Å². The van der Waals surface area contributed by atoms with Crippen LogP contribution in [0.25, 0.3) is 22.2 Å². The SMILES string of the molecule is CC(=O)c1ccc(-c2ccnc3[nH]cc(C(C)=O)c23)cc1. The van der Waals surface area contributed by atoms with E-state index in [0.717, 1.165) is 16.5 Å². The highest BCUT2D eigenvalue weighted by atomic mass is 16.1. The predicted octanol–water partition coefficient (Wildman–Crippen LogP) is 3.64. The number of rotatable bonds is 3. The number of ketones is 2. The van der Waals surface area contributed by atoms with E-state index in [1.54, 1.807) is 31.5 Å². The average molecular weight is 278 g/mol. The molecule has 2 heterocycles. The van der Waals surface area contributed by atoms with Crippen LogP contribution in [0.5, 0.6) is 0 Å². The van der Waals surface area contributed by atoms with Crippen molar-refractivity contribution in [2.75, 3.05) is 0 Å². The highest BCUT2D eigenvalue weighted by molar-refractivity contribution is 6.11. The van der Waals surface area contributed by atoms with Gasteiger partial charge in [-0.3, -0.25) is 9.59 Å². The molecular formula is C17H14N2O2. The third kappa shape index (κ3) is 2.25. The standard InChI is InChI=1S/C17H14N2O2/c1-10(20)12-3-5-13(6-4-12)14-7-8-18-17-16(14)15(9-19-17)11(2)21/h3-9H,1-2H3,(H,18,19). The minimum absolute atomic E-state index is 0.00384. The lowest BCUT2D eigenvalue weighted by Crippen LogP contribution is -1.93. The van der Waals surface area contributed by atoms with Crippen LogP contribution in [0.4, 0.5) is 0 Å².